The number of halogens is 1. The molecule has 0 spiro atoms. The number of aromatic nitrogens is 2. The van der Waals surface area contributed by atoms with Crippen LogP contribution in [0.1, 0.15) is 5.56 Å². The normalized spacial score (nSPS) is 11.0. The Morgan fingerprint density at radius 3 is 2.83 bits per heavy atom. The molecule has 0 aliphatic carbocycles. The van der Waals surface area contributed by atoms with E-state index < -0.39 is 0 Å². The number of hydrogen-bond acceptors (Lipinski definition) is 5. The van der Waals surface area contributed by atoms with Crippen LogP contribution in [0.15, 0.2) is 69.9 Å². The van der Waals surface area contributed by atoms with Crippen molar-refractivity contribution < 1.29 is 4.79 Å². The SMILES string of the molecule is Cc1cccc(NC(=O)CSc2nc3ccsc3c(=O)n2-c2ccccc2Cl)c1. The minimum atomic E-state index is -0.195. The predicted molar refractivity (Wildman–Crippen MR) is 121 cm³/mol. The van der Waals surface area contributed by atoms with Crippen molar-refractivity contribution in [2.75, 3.05) is 11.1 Å². The lowest BCUT2D eigenvalue weighted by molar-refractivity contribution is -0.113. The van der Waals surface area contributed by atoms with E-state index in [-0.39, 0.29) is 17.2 Å². The summed E-state index contributed by atoms with van der Waals surface area (Å²) < 4.78 is 2.03. The maximum atomic E-state index is 13.1. The molecule has 5 nitrogen and oxygen atoms in total. The van der Waals surface area contributed by atoms with E-state index in [1.165, 1.54) is 27.7 Å². The summed E-state index contributed by atoms with van der Waals surface area (Å²) in [7, 11) is 0. The fraction of sp³-hybridized carbons (Fsp3) is 0.0952. The maximum Gasteiger partial charge on any atom is 0.276 e. The number of carbonyl (C=O) groups is 1. The molecule has 2 aromatic heterocycles. The zero-order valence-corrected chi connectivity index (χ0v) is 17.8. The monoisotopic (exact) mass is 441 g/mol. The lowest BCUT2D eigenvalue weighted by atomic mass is 10.2. The topological polar surface area (TPSA) is 64.0 Å². The zero-order chi connectivity index (χ0) is 20.4. The van der Waals surface area contributed by atoms with E-state index in [0.29, 0.717) is 26.1 Å². The van der Waals surface area contributed by atoms with Crippen LogP contribution in [0.5, 0.6) is 0 Å². The Morgan fingerprint density at radius 2 is 2.03 bits per heavy atom. The van der Waals surface area contributed by atoms with E-state index in [9.17, 15) is 9.59 Å². The molecule has 2 heterocycles. The standard InChI is InChI=1S/C21H16ClN3O2S2/c1-13-5-4-6-14(11-13)23-18(26)12-29-21-24-16-9-10-28-19(16)20(27)25(21)17-8-3-2-7-15(17)22/h2-11H,12H2,1H3,(H,23,26). The molecule has 29 heavy (non-hydrogen) atoms. The average Bonchev–Trinajstić information content (AvgIpc) is 3.16. The van der Waals surface area contributed by atoms with Crippen LogP contribution in [0, 0.1) is 6.92 Å². The van der Waals surface area contributed by atoms with Crippen molar-refractivity contribution in [1.29, 1.82) is 0 Å². The van der Waals surface area contributed by atoms with Crippen molar-refractivity contribution in [3.63, 3.8) is 0 Å². The zero-order valence-electron chi connectivity index (χ0n) is 15.4. The van der Waals surface area contributed by atoms with Gasteiger partial charge in [0.25, 0.3) is 5.56 Å². The molecule has 0 radical (unpaired) electrons. The number of anilines is 1. The summed E-state index contributed by atoms with van der Waals surface area (Å²) >= 11 is 8.88. The van der Waals surface area contributed by atoms with Gasteiger partial charge in [-0.3, -0.25) is 14.2 Å². The number of nitrogens with zero attached hydrogens (tertiary/aromatic N) is 2. The summed E-state index contributed by atoms with van der Waals surface area (Å²) in [4.78, 5) is 30.1. The van der Waals surface area contributed by atoms with Crippen molar-refractivity contribution in [2.45, 2.75) is 12.1 Å². The molecule has 4 aromatic rings. The molecule has 2 aromatic carbocycles. The Hall–Kier alpha value is -2.61. The second-order valence-electron chi connectivity index (χ2n) is 6.33. The highest BCUT2D eigenvalue weighted by molar-refractivity contribution is 7.99. The molecular formula is C21H16ClN3O2S2. The molecule has 0 unspecified atom stereocenters. The number of para-hydroxylation sites is 1. The third-order valence-electron chi connectivity index (χ3n) is 4.18. The lowest BCUT2D eigenvalue weighted by Gasteiger charge is -2.13. The smallest absolute Gasteiger partial charge is 0.276 e. The fourth-order valence-corrected chi connectivity index (χ4v) is 4.67. The molecule has 0 bridgehead atoms. The first-order chi connectivity index (χ1) is 14.0. The van der Waals surface area contributed by atoms with Gasteiger partial charge in [0.2, 0.25) is 5.91 Å². The second-order valence-corrected chi connectivity index (χ2v) is 8.59. The number of rotatable bonds is 5. The van der Waals surface area contributed by atoms with Gasteiger partial charge < -0.3 is 5.32 Å². The van der Waals surface area contributed by atoms with Crippen molar-refractivity contribution in [3.8, 4) is 5.69 Å². The quantitative estimate of drug-likeness (QED) is 0.344. The molecule has 0 aliphatic heterocycles. The highest BCUT2D eigenvalue weighted by Crippen LogP contribution is 2.27. The van der Waals surface area contributed by atoms with Crippen LogP contribution in [0.3, 0.4) is 0 Å². The molecule has 0 fully saturated rings. The minimum absolute atomic E-state index is 0.112. The fourth-order valence-electron chi connectivity index (χ4n) is 2.88. The van der Waals surface area contributed by atoms with Gasteiger partial charge in [-0.15, -0.1) is 11.3 Å². The van der Waals surface area contributed by atoms with E-state index in [1.54, 1.807) is 24.3 Å². The summed E-state index contributed by atoms with van der Waals surface area (Å²) in [5, 5.41) is 5.57. The van der Waals surface area contributed by atoms with E-state index in [4.69, 9.17) is 11.6 Å². The maximum absolute atomic E-state index is 13.1. The predicted octanol–water partition coefficient (Wildman–Crippen LogP) is 5.14. The Labute approximate surface area is 180 Å². The van der Waals surface area contributed by atoms with Crippen LogP contribution < -0.4 is 10.9 Å². The summed E-state index contributed by atoms with van der Waals surface area (Å²) in [5.41, 5.74) is 2.76. The molecule has 0 saturated heterocycles. The molecule has 4 rings (SSSR count). The van der Waals surface area contributed by atoms with Gasteiger partial charge in [0.15, 0.2) is 5.16 Å². The summed E-state index contributed by atoms with van der Waals surface area (Å²) in [6.07, 6.45) is 0. The van der Waals surface area contributed by atoms with E-state index >= 15 is 0 Å². The number of thiophene rings is 1. The van der Waals surface area contributed by atoms with Crippen molar-refractivity contribution in [3.05, 3.63) is 80.9 Å². The molecule has 146 valence electrons. The van der Waals surface area contributed by atoms with Gasteiger partial charge in [-0.25, -0.2) is 4.98 Å². The molecule has 0 saturated carbocycles. The number of thioether (sulfide) groups is 1. The van der Waals surface area contributed by atoms with Gasteiger partial charge in [0, 0.05) is 5.69 Å². The Balaban J connectivity index is 1.66. The number of carbonyl (C=O) groups excluding carboxylic acids is 1. The van der Waals surface area contributed by atoms with Crippen LogP contribution in [-0.2, 0) is 4.79 Å². The number of benzene rings is 2. The van der Waals surface area contributed by atoms with Crippen molar-refractivity contribution in [1.82, 2.24) is 9.55 Å². The van der Waals surface area contributed by atoms with Crippen molar-refractivity contribution in [2.24, 2.45) is 0 Å². The van der Waals surface area contributed by atoms with E-state index in [1.807, 2.05) is 42.6 Å². The molecule has 1 N–H and O–H groups in total. The summed E-state index contributed by atoms with van der Waals surface area (Å²) in [5.74, 6) is -0.0634. The molecule has 0 aliphatic rings. The van der Waals surface area contributed by atoms with Crippen LogP contribution in [0.25, 0.3) is 15.9 Å². The Morgan fingerprint density at radius 1 is 1.21 bits per heavy atom. The number of amides is 1. The van der Waals surface area contributed by atoms with Gasteiger partial charge in [-0.2, -0.15) is 0 Å². The third-order valence-corrected chi connectivity index (χ3v) is 6.33. The van der Waals surface area contributed by atoms with Gasteiger partial charge in [-0.1, -0.05) is 47.6 Å². The summed E-state index contributed by atoms with van der Waals surface area (Å²) in [6.45, 7) is 1.96. The Bertz CT molecular complexity index is 1270. The number of hydrogen-bond donors (Lipinski definition) is 1. The average molecular weight is 442 g/mol. The highest BCUT2D eigenvalue weighted by Gasteiger charge is 2.17. The first kappa shape index (κ1) is 19.7. The van der Waals surface area contributed by atoms with Gasteiger partial charge in [0.1, 0.15) is 4.70 Å². The number of aryl methyl sites for hydroxylation is 1. The lowest BCUT2D eigenvalue weighted by Crippen LogP contribution is -2.22. The van der Waals surface area contributed by atoms with Gasteiger partial charge in [0.05, 0.1) is 22.0 Å². The minimum Gasteiger partial charge on any atom is -0.325 e. The molecular weight excluding hydrogens is 426 g/mol. The molecule has 8 heteroatoms. The van der Waals surface area contributed by atoms with Crippen LogP contribution in [-0.4, -0.2) is 21.2 Å². The highest BCUT2D eigenvalue weighted by atomic mass is 35.5. The molecule has 1 amide bonds. The van der Waals surface area contributed by atoms with Gasteiger partial charge >= 0.3 is 0 Å². The van der Waals surface area contributed by atoms with Crippen LogP contribution in [0.2, 0.25) is 5.02 Å². The van der Waals surface area contributed by atoms with Crippen LogP contribution in [0.4, 0.5) is 5.69 Å². The summed E-state index contributed by atoms with van der Waals surface area (Å²) in [6, 6.07) is 16.5. The first-order valence-corrected chi connectivity index (χ1v) is 11.0. The number of nitrogens with one attached hydrogen (secondary N) is 1. The van der Waals surface area contributed by atoms with E-state index in [0.717, 1.165) is 11.3 Å². The van der Waals surface area contributed by atoms with Gasteiger partial charge in [-0.05, 0) is 48.2 Å². The molecule has 0 atom stereocenters. The van der Waals surface area contributed by atoms with E-state index in [2.05, 4.69) is 10.3 Å². The van der Waals surface area contributed by atoms with Crippen molar-refractivity contribution >= 4 is 56.5 Å². The van der Waals surface area contributed by atoms with Crippen LogP contribution >= 0.6 is 34.7 Å². The second kappa shape index (κ2) is 8.41. The Kier molecular flexibility index (Phi) is 5.71. The third kappa shape index (κ3) is 4.22. The first-order valence-electron chi connectivity index (χ1n) is 8.77. The largest absolute Gasteiger partial charge is 0.325 e. The number of fused-ring (bicyclic) bond motifs is 1.